The van der Waals surface area contributed by atoms with Crippen LogP contribution < -0.4 is 14.2 Å². The molecule has 3 aromatic rings. The predicted molar refractivity (Wildman–Crippen MR) is 91.8 cm³/mol. The Balaban J connectivity index is 2.00. The minimum Gasteiger partial charge on any atom is -0.496 e. The Bertz CT molecular complexity index is 827. The molecule has 0 aliphatic heterocycles. The average molecular weight is 322 g/mol. The molecule has 0 N–H and O–H groups in total. The van der Waals surface area contributed by atoms with E-state index in [0.717, 1.165) is 16.8 Å². The molecule has 0 unspecified atom stereocenters. The van der Waals surface area contributed by atoms with Crippen molar-refractivity contribution in [2.75, 3.05) is 14.2 Å². The summed E-state index contributed by atoms with van der Waals surface area (Å²) in [6.07, 6.45) is 3.47. The van der Waals surface area contributed by atoms with E-state index in [1.54, 1.807) is 44.8 Å². The van der Waals surface area contributed by atoms with Gasteiger partial charge in [0.05, 0.1) is 14.2 Å². The number of hydrogen-bond acceptors (Lipinski definition) is 5. The molecule has 24 heavy (non-hydrogen) atoms. The molecule has 3 rings (SSSR count). The van der Waals surface area contributed by atoms with Gasteiger partial charge >= 0.3 is 0 Å². The normalized spacial score (nSPS) is 10.3. The standard InChI is InChI=1S/C19H18N2O3/c1-13-9-14(6-8-20-13)18-5-4-7-21-19(18)24-17-11-15(22-2)10-16(12-17)23-3/h4-12H,1-3H3. The van der Waals surface area contributed by atoms with Crippen LogP contribution in [0.4, 0.5) is 0 Å². The zero-order valence-corrected chi connectivity index (χ0v) is 13.8. The number of hydrogen-bond donors (Lipinski definition) is 0. The molecule has 0 atom stereocenters. The van der Waals surface area contributed by atoms with Gasteiger partial charge in [0.25, 0.3) is 0 Å². The van der Waals surface area contributed by atoms with Gasteiger partial charge in [0.15, 0.2) is 0 Å². The van der Waals surface area contributed by atoms with E-state index >= 15 is 0 Å². The van der Waals surface area contributed by atoms with E-state index in [0.29, 0.717) is 23.1 Å². The van der Waals surface area contributed by atoms with Crippen LogP contribution in [0.5, 0.6) is 23.1 Å². The van der Waals surface area contributed by atoms with E-state index in [1.807, 2.05) is 31.2 Å². The Labute approximate surface area is 140 Å². The molecule has 0 amide bonds. The molecule has 122 valence electrons. The average Bonchev–Trinajstić information content (AvgIpc) is 2.61. The smallest absolute Gasteiger partial charge is 0.227 e. The van der Waals surface area contributed by atoms with Crippen molar-refractivity contribution in [3.8, 4) is 34.3 Å². The number of rotatable bonds is 5. The fourth-order valence-corrected chi connectivity index (χ4v) is 2.36. The van der Waals surface area contributed by atoms with Gasteiger partial charge in [0, 0.05) is 41.9 Å². The van der Waals surface area contributed by atoms with Gasteiger partial charge in [0.1, 0.15) is 17.2 Å². The van der Waals surface area contributed by atoms with Crippen LogP contribution >= 0.6 is 0 Å². The maximum absolute atomic E-state index is 6.00. The van der Waals surface area contributed by atoms with E-state index in [9.17, 15) is 0 Å². The third-order valence-electron chi connectivity index (χ3n) is 3.52. The quantitative estimate of drug-likeness (QED) is 0.702. The highest BCUT2D eigenvalue weighted by Gasteiger charge is 2.11. The first-order chi connectivity index (χ1) is 11.7. The van der Waals surface area contributed by atoms with Crippen LogP contribution in [-0.4, -0.2) is 24.2 Å². The Morgan fingerprint density at radius 2 is 1.50 bits per heavy atom. The van der Waals surface area contributed by atoms with Gasteiger partial charge in [-0.15, -0.1) is 0 Å². The molecule has 0 bridgehead atoms. The molecule has 0 aliphatic rings. The lowest BCUT2D eigenvalue weighted by molar-refractivity contribution is 0.385. The first-order valence-electron chi connectivity index (χ1n) is 7.48. The van der Waals surface area contributed by atoms with Crippen LogP contribution in [0.3, 0.4) is 0 Å². The van der Waals surface area contributed by atoms with Gasteiger partial charge in [-0.1, -0.05) is 0 Å². The van der Waals surface area contributed by atoms with Crippen molar-refractivity contribution in [2.45, 2.75) is 6.92 Å². The van der Waals surface area contributed by atoms with Crippen LogP contribution in [0.2, 0.25) is 0 Å². The maximum atomic E-state index is 6.00. The first-order valence-corrected chi connectivity index (χ1v) is 7.48. The minimum atomic E-state index is 0.512. The molecule has 5 nitrogen and oxygen atoms in total. The summed E-state index contributed by atoms with van der Waals surface area (Å²) in [5.41, 5.74) is 2.83. The van der Waals surface area contributed by atoms with Crippen LogP contribution in [0, 0.1) is 6.92 Å². The SMILES string of the molecule is COc1cc(OC)cc(Oc2ncccc2-c2ccnc(C)c2)c1. The summed E-state index contributed by atoms with van der Waals surface area (Å²) >= 11 is 0. The van der Waals surface area contributed by atoms with Crippen LogP contribution in [0.15, 0.2) is 54.9 Å². The van der Waals surface area contributed by atoms with E-state index in [1.165, 1.54) is 0 Å². The van der Waals surface area contributed by atoms with Gasteiger partial charge in [-0.3, -0.25) is 4.98 Å². The Morgan fingerprint density at radius 3 is 2.17 bits per heavy atom. The Kier molecular flexibility index (Phi) is 4.61. The lowest BCUT2D eigenvalue weighted by atomic mass is 10.1. The summed E-state index contributed by atoms with van der Waals surface area (Å²) in [5.74, 6) is 2.42. The zero-order valence-electron chi connectivity index (χ0n) is 13.8. The molecule has 2 aromatic heterocycles. The lowest BCUT2D eigenvalue weighted by Gasteiger charge is -2.12. The molecule has 0 radical (unpaired) electrons. The van der Waals surface area contributed by atoms with E-state index in [4.69, 9.17) is 14.2 Å². The maximum Gasteiger partial charge on any atom is 0.227 e. The van der Waals surface area contributed by atoms with E-state index in [-0.39, 0.29) is 0 Å². The first kappa shape index (κ1) is 15.8. The van der Waals surface area contributed by atoms with Crippen molar-refractivity contribution in [3.63, 3.8) is 0 Å². The summed E-state index contributed by atoms with van der Waals surface area (Å²) in [7, 11) is 3.20. The number of ether oxygens (including phenoxy) is 3. The summed E-state index contributed by atoms with van der Waals surface area (Å²) in [6, 6.07) is 13.1. The second-order valence-corrected chi connectivity index (χ2v) is 5.19. The van der Waals surface area contributed by atoms with Crippen molar-refractivity contribution in [1.29, 1.82) is 0 Å². The molecule has 0 fully saturated rings. The van der Waals surface area contributed by atoms with Crippen molar-refractivity contribution in [1.82, 2.24) is 9.97 Å². The van der Waals surface area contributed by atoms with Crippen LogP contribution in [0.1, 0.15) is 5.69 Å². The number of benzene rings is 1. The lowest BCUT2D eigenvalue weighted by Crippen LogP contribution is -1.94. The molecule has 0 saturated carbocycles. The molecule has 0 spiro atoms. The van der Waals surface area contributed by atoms with E-state index in [2.05, 4.69) is 9.97 Å². The zero-order chi connectivity index (χ0) is 16.9. The van der Waals surface area contributed by atoms with Crippen molar-refractivity contribution < 1.29 is 14.2 Å². The number of pyridine rings is 2. The largest absolute Gasteiger partial charge is 0.496 e. The second-order valence-electron chi connectivity index (χ2n) is 5.19. The fourth-order valence-electron chi connectivity index (χ4n) is 2.36. The van der Waals surface area contributed by atoms with Crippen LogP contribution in [-0.2, 0) is 0 Å². The molecule has 0 aliphatic carbocycles. The van der Waals surface area contributed by atoms with Gasteiger partial charge < -0.3 is 14.2 Å². The van der Waals surface area contributed by atoms with Crippen molar-refractivity contribution in [3.05, 3.63) is 60.6 Å². The summed E-state index contributed by atoms with van der Waals surface area (Å²) in [6.45, 7) is 1.95. The highest BCUT2D eigenvalue weighted by atomic mass is 16.5. The summed E-state index contributed by atoms with van der Waals surface area (Å²) < 4.78 is 16.6. The molecular formula is C19H18N2O3. The highest BCUT2D eigenvalue weighted by Crippen LogP contribution is 2.34. The second kappa shape index (κ2) is 7.00. The molecule has 0 saturated heterocycles. The summed E-state index contributed by atoms with van der Waals surface area (Å²) in [5, 5.41) is 0. The Morgan fingerprint density at radius 1 is 0.792 bits per heavy atom. The third kappa shape index (κ3) is 3.46. The van der Waals surface area contributed by atoms with Gasteiger partial charge in [-0.2, -0.15) is 0 Å². The number of nitrogens with zero attached hydrogens (tertiary/aromatic N) is 2. The highest BCUT2D eigenvalue weighted by molar-refractivity contribution is 5.69. The minimum absolute atomic E-state index is 0.512. The molecule has 2 heterocycles. The van der Waals surface area contributed by atoms with Crippen LogP contribution in [0.25, 0.3) is 11.1 Å². The molecule has 1 aromatic carbocycles. The fraction of sp³-hybridized carbons (Fsp3) is 0.158. The number of aromatic nitrogens is 2. The number of methoxy groups -OCH3 is 2. The topological polar surface area (TPSA) is 53.5 Å². The number of aryl methyl sites for hydroxylation is 1. The Hall–Kier alpha value is -3.08. The summed E-state index contributed by atoms with van der Waals surface area (Å²) in [4.78, 5) is 8.60. The predicted octanol–water partition coefficient (Wildman–Crippen LogP) is 4.26. The van der Waals surface area contributed by atoms with Gasteiger partial charge in [0.2, 0.25) is 5.88 Å². The van der Waals surface area contributed by atoms with Crippen molar-refractivity contribution >= 4 is 0 Å². The van der Waals surface area contributed by atoms with E-state index < -0.39 is 0 Å². The molecule has 5 heteroatoms. The van der Waals surface area contributed by atoms with Crippen molar-refractivity contribution in [2.24, 2.45) is 0 Å². The van der Waals surface area contributed by atoms with Gasteiger partial charge in [-0.25, -0.2) is 4.98 Å². The third-order valence-corrected chi connectivity index (χ3v) is 3.52. The van der Waals surface area contributed by atoms with Gasteiger partial charge in [-0.05, 0) is 36.8 Å². The molecular weight excluding hydrogens is 304 g/mol. The monoisotopic (exact) mass is 322 g/mol.